The van der Waals surface area contributed by atoms with Gasteiger partial charge in [-0.15, -0.1) is 0 Å². The van der Waals surface area contributed by atoms with Gasteiger partial charge in [0.15, 0.2) is 0 Å². The highest BCUT2D eigenvalue weighted by molar-refractivity contribution is 5.92. The molecule has 1 heterocycles. The van der Waals surface area contributed by atoms with E-state index in [1.54, 1.807) is 6.07 Å². The molecule has 0 saturated carbocycles. The predicted octanol–water partition coefficient (Wildman–Crippen LogP) is 1.39. The van der Waals surface area contributed by atoms with E-state index in [4.69, 9.17) is 11.5 Å². The van der Waals surface area contributed by atoms with E-state index >= 15 is 0 Å². The van der Waals surface area contributed by atoms with Crippen LogP contribution in [-0.4, -0.2) is 9.97 Å². The minimum atomic E-state index is -0.295. The zero-order valence-corrected chi connectivity index (χ0v) is 10.2. The average molecular weight is 232 g/mol. The molecule has 5 N–H and O–H groups in total. The molecule has 1 aromatic carbocycles. The number of aromatic nitrogens is 2. The van der Waals surface area contributed by atoms with E-state index in [1.807, 2.05) is 6.07 Å². The number of hydrogen-bond donors (Lipinski definition) is 3. The van der Waals surface area contributed by atoms with Crippen LogP contribution in [0.25, 0.3) is 10.9 Å². The van der Waals surface area contributed by atoms with E-state index in [9.17, 15) is 4.79 Å². The number of hydrogen-bond acceptors (Lipinski definition) is 4. The molecule has 0 saturated heterocycles. The van der Waals surface area contributed by atoms with Crippen LogP contribution in [0.4, 0.5) is 11.6 Å². The fourth-order valence-electron chi connectivity index (χ4n) is 1.89. The Morgan fingerprint density at radius 2 is 1.88 bits per heavy atom. The molecule has 5 nitrogen and oxygen atoms in total. The summed E-state index contributed by atoms with van der Waals surface area (Å²) in [6.45, 7) is 6.16. The highest BCUT2D eigenvalue weighted by Crippen LogP contribution is 2.30. The number of nitrogen functional groups attached to an aromatic ring is 2. The van der Waals surface area contributed by atoms with Gasteiger partial charge in [-0.1, -0.05) is 26.8 Å². The van der Waals surface area contributed by atoms with Crippen LogP contribution in [-0.2, 0) is 5.41 Å². The third-order valence-electron chi connectivity index (χ3n) is 2.72. The molecule has 0 fully saturated rings. The number of aromatic amines is 1. The van der Waals surface area contributed by atoms with Crippen molar-refractivity contribution in [2.24, 2.45) is 0 Å². The maximum absolute atomic E-state index is 11.8. The molecule has 0 spiro atoms. The topological polar surface area (TPSA) is 97.8 Å². The van der Waals surface area contributed by atoms with Crippen molar-refractivity contribution in [1.82, 2.24) is 9.97 Å². The van der Waals surface area contributed by atoms with Crippen molar-refractivity contribution in [2.45, 2.75) is 26.2 Å². The van der Waals surface area contributed by atoms with Gasteiger partial charge < -0.3 is 11.5 Å². The second-order valence-corrected chi connectivity index (χ2v) is 5.13. The summed E-state index contributed by atoms with van der Waals surface area (Å²) in [6, 6.07) is 3.62. The quantitative estimate of drug-likeness (QED) is 0.598. The van der Waals surface area contributed by atoms with Gasteiger partial charge in [0, 0.05) is 5.69 Å². The summed E-state index contributed by atoms with van der Waals surface area (Å²) in [6.07, 6.45) is 0. The molecule has 0 aliphatic rings. The van der Waals surface area contributed by atoms with E-state index in [-0.39, 0.29) is 16.9 Å². The first kappa shape index (κ1) is 11.4. The minimum absolute atomic E-state index is 0.110. The van der Waals surface area contributed by atoms with Crippen molar-refractivity contribution in [3.8, 4) is 0 Å². The first-order valence-corrected chi connectivity index (χ1v) is 5.39. The minimum Gasteiger partial charge on any atom is -0.398 e. The third-order valence-corrected chi connectivity index (χ3v) is 2.72. The fourth-order valence-corrected chi connectivity index (χ4v) is 1.89. The lowest BCUT2D eigenvalue weighted by Gasteiger charge is -2.21. The number of anilines is 2. The molecular formula is C12H16N4O. The first-order valence-electron chi connectivity index (χ1n) is 5.39. The summed E-state index contributed by atoms with van der Waals surface area (Å²) in [5, 5.41) is 0.409. The molecule has 0 aliphatic carbocycles. The lowest BCUT2D eigenvalue weighted by Crippen LogP contribution is -2.18. The van der Waals surface area contributed by atoms with Crippen LogP contribution in [0.5, 0.6) is 0 Å². The Labute approximate surface area is 98.9 Å². The van der Waals surface area contributed by atoms with Crippen molar-refractivity contribution in [3.63, 3.8) is 0 Å². The zero-order chi connectivity index (χ0) is 12.8. The van der Waals surface area contributed by atoms with Crippen LogP contribution in [0.15, 0.2) is 16.9 Å². The third kappa shape index (κ3) is 1.84. The van der Waals surface area contributed by atoms with Crippen LogP contribution in [0.3, 0.4) is 0 Å². The monoisotopic (exact) mass is 232 g/mol. The maximum atomic E-state index is 11.8. The lowest BCUT2D eigenvalue weighted by molar-refractivity contribution is 0.594. The number of fused-ring (bicyclic) bond motifs is 1. The molecule has 5 heteroatoms. The standard InChI is InChI=1S/C12H16N4O/c1-12(2,3)6-4-5-7(13)8-9(6)15-11(14)16-10(8)17/h4-5H,13H2,1-3H3,(H3,14,15,16,17). The summed E-state index contributed by atoms with van der Waals surface area (Å²) in [5.74, 6) is 0.110. The molecule has 2 rings (SSSR count). The molecule has 0 atom stereocenters. The van der Waals surface area contributed by atoms with Gasteiger partial charge in [-0.3, -0.25) is 9.78 Å². The number of nitrogens with one attached hydrogen (secondary N) is 1. The van der Waals surface area contributed by atoms with Gasteiger partial charge in [0.1, 0.15) is 0 Å². The summed E-state index contributed by atoms with van der Waals surface area (Å²) < 4.78 is 0. The van der Waals surface area contributed by atoms with Gasteiger partial charge in [0.25, 0.3) is 5.56 Å². The molecule has 0 aliphatic heterocycles. The van der Waals surface area contributed by atoms with Gasteiger partial charge in [-0.2, -0.15) is 0 Å². The molecule has 2 aromatic rings. The highest BCUT2D eigenvalue weighted by Gasteiger charge is 2.20. The Kier molecular flexibility index (Phi) is 2.34. The van der Waals surface area contributed by atoms with Crippen molar-refractivity contribution in [2.75, 3.05) is 11.5 Å². The Bertz CT molecular complexity index is 637. The molecular weight excluding hydrogens is 216 g/mol. The number of H-pyrrole nitrogens is 1. The van der Waals surface area contributed by atoms with E-state index in [0.29, 0.717) is 16.6 Å². The highest BCUT2D eigenvalue weighted by atomic mass is 16.1. The maximum Gasteiger partial charge on any atom is 0.262 e. The number of nitrogens with two attached hydrogens (primary N) is 2. The van der Waals surface area contributed by atoms with Gasteiger partial charge in [0.2, 0.25) is 5.95 Å². The van der Waals surface area contributed by atoms with Crippen molar-refractivity contribution >= 4 is 22.5 Å². The first-order chi connectivity index (χ1) is 7.80. The lowest BCUT2D eigenvalue weighted by atomic mass is 9.85. The van der Waals surface area contributed by atoms with E-state index < -0.39 is 0 Å². The number of benzene rings is 1. The van der Waals surface area contributed by atoms with Crippen LogP contribution in [0.1, 0.15) is 26.3 Å². The molecule has 90 valence electrons. The van der Waals surface area contributed by atoms with Crippen molar-refractivity contribution in [1.29, 1.82) is 0 Å². The number of rotatable bonds is 0. The van der Waals surface area contributed by atoms with Crippen molar-refractivity contribution < 1.29 is 0 Å². The molecule has 1 aromatic heterocycles. The normalized spacial score (nSPS) is 11.9. The molecule has 17 heavy (non-hydrogen) atoms. The Morgan fingerprint density at radius 3 is 2.47 bits per heavy atom. The smallest absolute Gasteiger partial charge is 0.262 e. The largest absolute Gasteiger partial charge is 0.398 e. The van der Waals surface area contributed by atoms with Gasteiger partial charge in [-0.25, -0.2) is 4.98 Å². The van der Waals surface area contributed by atoms with Gasteiger partial charge in [-0.05, 0) is 17.0 Å². The number of nitrogens with zero attached hydrogens (tertiary/aromatic N) is 1. The average Bonchev–Trinajstić information content (AvgIpc) is 2.14. The molecule has 0 unspecified atom stereocenters. The van der Waals surface area contributed by atoms with E-state index in [0.717, 1.165) is 5.56 Å². The summed E-state index contributed by atoms with van der Waals surface area (Å²) in [7, 11) is 0. The van der Waals surface area contributed by atoms with Crippen LogP contribution >= 0.6 is 0 Å². The van der Waals surface area contributed by atoms with Crippen LogP contribution in [0, 0.1) is 0 Å². The van der Waals surface area contributed by atoms with E-state index in [2.05, 4.69) is 30.7 Å². The molecule has 0 radical (unpaired) electrons. The van der Waals surface area contributed by atoms with Crippen molar-refractivity contribution in [3.05, 3.63) is 28.0 Å². The summed E-state index contributed by atoms with van der Waals surface area (Å²) in [5.41, 5.74) is 12.9. The Hall–Kier alpha value is -2.04. The van der Waals surface area contributed by atoms with Gasteiger partial charge in [0.05, 0.1) is 10.9 Å². The summed E-state index contributed by atoms with van der Waals surface area (Å²) in [4.78, 5) is 18.5. The van der Waals surface area contributed by atoms with Crippen LogP contribution < -0.4 is 17.0 Å². The van der Waals surface area contributed by atoms with Gasteiger partial charge >= 0.3 is 0 Å². The Balaban J connectivity index is 3.00. The second kappa shape index (κ2) is 3.48. The fraction of sp³-hybridized carbons (Fsp3) is 0.333. The second-order valence-electron chi connectivity index (χ2n) is 5.13. The Morgan fingerprint density at radius 1 is 1.24 bits per heavy atom. The van der Waals surface area contributed by atoms with E-state index in [1.165, 1.54) is 0 Å². The summed E-state index contributed by atoms with van der Waals surface area (Å²) >= 11 is 0. The molecule has 0 amide bonds. The predicted molar refractivity (Wildman–Crippen MR) is 69.9 cm³/mol. The zero-order valence-electron chi connectivity index (χ0n) is 10.2. The SMILES string of the molecule is CC(C)(C)c1ccc(N)c2c(=O)[nH]c(N)nc12. The molecule has 0 bridgehead atoms. The van der Waals surface area contributed by atoms with Crippen LogP contribution in [0.2, 0.25) is 0 Å².